The minimum atomic E-state index is -0.00643. The Morgan fingerprint density at radius 1 is 1.56 bits per heavy atom. The van der Waals surface area contributed by atoms with Crippen molar-refractivity contribution in [3.8, 4) is 0 Å². The van der Waals surface area contributed by atoms with Crippen molar-refractivity contribution in [2.75, 3.05) is 20.8 Å². The van der Waals surface area contributed by atoms with Crippen LogP contribution in [0.25, 0.3) is 0 Å². The second-order valence-corrected chi connectivity index (χ2v) is 4.80. The van der Waals surface area contributed by atoms with Gasteiger partial charge in [-0.25, -0.2) is 0 Å². The molecule has 1 rings (SSSR count). The van der Waals surface area contributed by atoms with Crippen LogP contribution < -0.4 is 5.32 Å². The first-order valence-corrected chi connectivity index (χ1v) is 6.08. The Bertz CT molecular complexity index is 233. The third-order valence-corrected chi connectivity index (χ3v) is 3.33. The maximum absolute atomic E-state index is 12.2. The normalized spacial score (nSPS) is 27.5. The maximum Gasteiger partial charge on any atom is 0.239 e. The lowest BCUT2D eigenvalue weighted by Crippen LogP contribution is -2.52. The van der Waals surface area contributed by atoms with E-state index in [1.165, 1.54) is 6.42 Å². The second-order valence-electron chi connectivity index (χ2n) is 4.80. The second kappa shape index (κ2) is 6.21. The van der Waals surface area contributed by atoms with Gasteiger partial charge in [-0.15, -0.1) is 0 Å². The van der Waals surface area contributed by atoms with Gasteiger partial charge >= 0.3 is 0 Å². The van der Waals surface area contributed by atoms with Crippen molar-refractivity contribution in [1.29, 1.82) is 0 Å². The maximum atomic E-state index is 12.2. The van der Waals surface area contributed by atoms with Gasteiger partial charge in [-0.2, -0.15) is 0 Å². The first kappa shape index (κ1) is 13.5. The van der Waals surface area contributed by atoms with Crippen molar-refractivity contribution in [2.45, 2.75) is 51.2 Å². The summed E-state index contributed by atoms with van der Waals surface area (Å²) < 4.78 is 5.07. The Kier molecular flexibility index (Phi) is 5.22. The summed E-state index contributed by atoms with van der Waals surface area (Å²) >= 11 is 0. The largest absolute Gasteiger partial charge is 0.383 e. The van der Waals surface area contributed by atoms with Crippen LogP contribution in [0, 0.1) is 0 Å². The average Bonchev–Trinajstić information content (AvgIpc) is 2.27. The molecule has 0 aromatic rings. The molecule has 94 valence electrons. The predicted octanol–water partition coefficient (Wildman–Crippen LogP) is 1.01. The molecule has 0 aromatic heterocycles. The summed E-state index contributed by atoms with van der Waals surface area (Å²) in [6, 6.07) is 0.582. The lowest BCUT2D eigenvalue weighted by Gasteiger charge is -2.33. The summed E-state index contributed by atoms with van der Waals surface area (Å²) in [6.07, 6.45) is 3.26. The van der Waals surface area contributed by atoms with Gasteiger partial charge in [0.1, 0.15) is 0 Å². The number of amides is 1. The van der Waals surface area contributed by atoms with Crippen LogP contribution in [0.3, 0.4) is 0 Å². The smallest absolute Gasteiger partial charge is 0.239 e. The highest BCUT2D eigenvalue weighted by Crippen LogP contribution is 2.14. The van der Waals surface area contributed by atoms with Crippen molar-refractivity contribution in [3.63, 3.8) is 0 Å². The van der Waals surface area contributed by atoms with E-state index in [1.54, 1.807) is 12.0 Å². The van der Waals surface area contributed by atoms with E-state index in [4.69, 9.17) is 4.74 Å². The number of nitrogens with one attached hydrogen (secondary N) is 1. The van der Waals surface area contributed by atoms with E-state index in [2.05, 4.69) is 12.2 Å². The SMILES string of the molecule is COCC(C)N(C)C(=O)C1CCCC(C)N1. The lowest BCUT2D eigenvalue weighted by atomic mass is 9.98. The number of piperidine rings is 1. The van der Waals surface area contributed by atoms with Crippen LogP contribution in [-0.4, -0.2) is 49.7 Å². The van der Waals surface area contributed by atoms with E-state index in [0.717, 1.165) is 12.8 Å². The third kappa shape index (κ3) is 3.46. The van der Waals surface area contributed by atoms with E-state index < -0.39 is 0 Å². The summed E-state index contributed by atoms with van der Waals surface area (Å²) in [4.78, 5) is 14.0. The molecule has 0 radical (unpaired) electrons. The summed E-state index contributed by atoms with van der Waals surface area (Å²) in [5.41, 5.74) is 0. The van der Waals surface area contributed by atoms with Crippen LogP contribution in [0.2, 0.25) is 0 Å². The fourth-order valence-corrected chi connectivity index (χ4v) is 2.15. The Labute approximate surface area is 98.3 Å². The quantitative estimate of drug-likeness (QED) is 0.781. The molecule has 4 nitrogen and oxygen atoms in total. The fourth-order valence-electron chi connectivity index (χ4n) is 2.15. The van der Waals surface area contributed by atoms with Gasteiger partial charge < -0.3 is 15.0 Å². The number of methoxy groups -OCH3 is 1. The fraction of sp³-hybridized carbons (Fsp3) is 0.917. The molecule has 1 saturated heterocycles. The Morgan fingerprint density at radius 2 is 2.25 bits per heavy atom. The van der Waals surface area contributed by atoms with Gasteiger partial charge in [-0.3, -0.25) is 4.79 Å². The van der Waals surface area contributed by atoms with Crippen LogP contribution in [0.4, 0.5) is 0 Å². The van der Waals surface area contributed by atoms with Crippen molar-refractivity contribution in [1.82, 2.24) is 10.2 Å². The summed E-state index contributed by atoms with van der Waals surface area (Å²) in [6.45, 7) is 4.73. The molecule has 1 heterocycles. The molecule has 3 unspecified atom stereocenters. The number of likely N-dealkylation sites (N-methyl/N-ethyl adjacent to an activating group) is 1. The van der Waals surface area contributed by atoms with E-state index in [1.807, 2.05) is 14.0 Å². The molecule has 0 saturated carbocycles. The van der Waals surface area contributed by atoms with Gasteiger partial charge in [-0.05, 0) is 33.1 Å². The summed E-state index contributed by atoms with van der Waals surface area (Å²) in [5, 5.41) is 3.36. The molecular weight excluding hydrogens is 204 g/mol. The summed E-state index contributed by atoms with van der Waals surface area (Å²) in [5.74, 6) is 0.191. The van der Waals surface area contributed by atoms with Gasteiger partial charge in [-0.1, -0.05) is 0 Å². The average molecular weight is 228 g/mol. The van der Waals surface area contributed by atoms with Gasteiger partial charge in [0.2, 0.25) is 5.91 Å². The number of ether oxygens (including phenoxy) is 1. The number of hydrogen-bond acceptors (Lipinski definition) is 3. The van der Waals surface area contributed by atoms with Crippen molar-refractivity contribution in [2.24, 2.45) is 0 Å². The van der Waals surface area contributed by atoms with Crippen LogP contribution in [0.15, 0.2) is 0 Å². The van der Waals surface area contributed by atoms with Gasteiger partial charge in [0.15, 0.2) is 0 Å². The first-order chi connectivity index (χ1) is 7.56. The van der Waals surface area contributed by atoms with E-state index >= 15 is 0 Å². The molecule has 0 aliphatic carbocycles. The lowest BCUT2D eigenvalue weighted by molar-refractivity contribution is -0.135. The standard InChI is InChI=1S/C12H24N2O2/c1-9-6-5-7-11(13-9)12(15)14(3)10(2)8-16-4/h9-11,13H,5-8H2,1-4H3. The molecule has 1 amide bonds. The monoisotopic (exact) mass is 228 g/mol. The van der Waals surface area contributed by atoms with Gasteiger partial charge in [0.05, 0.1) is 18.7 Å². The van der Waals surface area contributed by atoms with Crippen molar-refractivity contribution < 1.29 is 9.53 Å². The molecule has 0 spiro atoms. The number of hydrogen-bond donors (Lipinski definition) is 1. The molecule has 16 heavy (non-hydrogen) atoms. The molecule has 0 aromatic carbocycles. The van der Waals surface area contributed by atoms with Crippen LogP contribution in [0.1, 0.15) is 33.1 Å². The minimum Gasteiger partial charge on any atom is -0.383 e. The summed E-state index contributed by atoms with van der Waals surface area (Å²) in [7, 11) is 3.52. The van der Waals surface area contributed by atoms with Crippen LogP contribution >= 0.6 is 0 Å². The third-order valence-electron chi connectivity index (χ3n) is 3.33. The zero-order valence-corrected chi connectivity index (χ0v) is 10.8. The topological polar surface area (TPSA) is 41.6 Å². The molecule has 0 bridgehead atoms. The number of carbonyl (C=O) groups is 1. The van der Waals surface area contributed by atoms with Crippen molar-refractivity contribution >= 4 is 5.91 Å². The highest BCUT2D eigenvalue weighted by atomic mass is 16.5. The molecule has 1 aliphatic rings. The van der Waals surface area contributed by atoms with E-state index in [0.29, 0.717) is 12.6 Å². The number of carbonyl (C=O) groups excluding carboxylic acids is 1. The first-order valence-electron chi connectivity index (χ1n) is 6.08. The molecule has 1 N–H and O–H groups in total. The molecule has 1 fully saturated rings. The molecule has 1 aliphatic heterocycles. The zero-order chi connectivity index (χ0) is 12.1. The number of rotatable bonds is 4. The zero-order valence-electron chi connectivity index (χ0n) is 10.8. The van der Waals surface area contributed by atoms with Crippen molar-refractivity contribution in [3.05, 3.63) is 0 Å². The molecule has 3 atom stereocenters. The Hall–Kier alpha value is -0.610. The predicted molar refractivity (Wildman–Crippen MR) is 64.3 cm³/mol. The Balaban J connectivity index is 2.48. The minimum absolute atomic E-state index is 0.00643. The van der Waals surface area contributed by atoms with Crippen LogP contribution in [-0.2, 0) is 9.53 Å². The van der Waals surface area contributed by atoms with Gasteiger partial charge in [0.25, 0.3) is 0 Å². The van der Waals surface area contributed by atoms with Crippen LogP contribution in [0.5, 0.6) is 0 Å². The Morgan fingerprint density at radius 3 is 2.81 bits per heavy atom. The highest BCUT2D eigenvalue weighted by Gasteiger charge is 2.28. The molecule has 4 heteroatoms. The van der Waals surface area contributed by atoms with E-state index in [9.17, 15) is 4.79 Å². The highest BCUT2D eigenvalue weighted by molar-refractivity contribution is 5.82. The molecular formula is C12H24N2O2. The van der Waals surface area contributed by atoms with E-state index in [-0.39, 0.29) is 18.0 Å². The number of nitrogens with zero attached hydrogens (tertiary/aromatic N) is 1. The van der Waals surface area contributed by atoms with Gasteiger partial charge in [0, 0.05) is 20.2 Å².